The van der Waals surface area contributed by atoms with Gasteiger partial charge in [0.05, 0.1) is 5.71 Å². The average Bonchev–Trinajstić information content (AvgIpc) is 2.20. The van der Waals surface area contributed by atoms with Gasteiger partial charge < -0.3 is 10.3 Å². The molecule has 2 N–H and O–H groups in total. The van der Waals surface area contributed by atoms with Crippen LogP contribution in [0.3, 0.4) is 0 Å². The lowest BCUT2D eigenvalue weighted by atomic mass is 10.1. The second kappa shape index (κ2) is 5.07. The van der Waals surface area contributed by atoms with E-state index in [1.54, 1.807) is 24.3 Å². The Hall–Kier alpha value is -1.77. The molecule has 0 radical (unpaired) electrons. The van der Waals surface area contributed by atoms with Gasteiger partial charge in [0, 0.05) is 12.8 Å². The second-order valence-electron chi connectivity index (χ2n) is 2.96. The van der Waals surface area contributed by atoms with Crippen LogP contribution in [0, 0.1) is 0 Å². The molecule has 0 aliphatic rings. The van der Waals surface area contributed by atoms with Crippen molar-refractivity contribution in [3.8, 4) is 5.75 Å². The first-order valence-corrected chi connectivity index (χ1v) is 4.35. The first kappa shape index (κ1) is 10.3. The molecule has 3 nitrogen and oxygen atoms in total. The fourth-order valence-electron chi connectivity index (χ4n) is 1.20. The largest absolute Gasteiger partial charge is 0.508 e. The van der Waals surface area contributed by atoms with Gasteiger partial charge in [-0.3, -0.25) is 0 Å². The average molecular weight is 191 g/mol. The standard InChI is InChI=1S/C11H13NO2/c1-2-5-10(12-14)8-9-6-3-4-7-11(9)13/h2-4,6-7,13-14H,1,5,8H2. The van der Waals surface area contributed by atoms with E-state index in [1.165, 1.54) is 0 Å². The molecule has 1 rings (SSSR count). The fraction of sp³-hybridized carbons (Fsp3) is 0.182. The lowest BCUT2D eigenvalue weighted by Gasteiger charge is -2.03. The van der Waals surface area contributed by atoms with Crippen molar-refractivity contribution in [2.75, 3.05) is 0 Å². The summed E-state index contributed by atoms with van der Waals surface area (Å²) in [4.78, 5) is 0. The Balaban J connectivity index is 2.77. The predicted molar refractivity (Wildman–Crippen MR) is 55.8 cm³/mol. The van der Waals surface area contributed by atoms with E-state index >= 15 is 0 Å². The van der Waals surface area contributed by atoms with Crippen LogP contribution < -0.4 is 0 Å². The maximum atomic E-state index is 9.46. The Morgan fingerprint density at radius 1 is 1.43 bits per heavy atom. The molecule has 0 heterocycles. The van der Waals surface area contributed by atoms with Crippen molar-refractivity contribution < 1.29 is 10.3 Å². The van der Waals surface area contributed by atoms with Crippen LogP contribution in [-0.2, 0) is 6.42 Å². The van der Waals surface area contributed by atoms with Gasteiger partial charge >= 0.3 is 0 Å². The molecular weight excluding hydrogens is 178 g/mol. The maximum Gasteiger partial charge on any atom is 0.119 e. The number of hydrogen-bond acceptors (Lipinski definition) is 3. The highest BCUT2D eigenvalue weighted by molar-refractivity contribution is 5.87. The molecule has 0 bridgehead atoms. The summed E-state index contributed by atoms with van der Waals surface area (Å²) in [6.07, 6.45) is 2.62. The minimum absolute atomic E-state index is 0.220. The van der Waals surface area contributed by atoms with Gasteiger partial charge in [-0.2, -0.15) is 0 Å². The number of nitrogens with zero attached hydrogens (tertiary/aromatic N) is 1. The van der Waals surface area contributed by atoms with Crippen LogP contribution in [0.2, 0.25) is 0 Å². The number of phenolic OH excluding ortho intramolecular Hbond substituents is 1. The highest BCUT2D eigenvalue weighted by Crippen LogP contribution is 2.17. The number of benzene rings is 1. The quantitative estimate of drug-likeness (QED) is 0.332. The van der Waals surface area contributed by atoms with E-state index in [1.807, 2.05) is 6.07 Å². The van der Waals surface area contributed by atoms with Gasteiger partial charge in [-0.1, -0.05) is 29.4 Å². The zero-order valence-electron chi connectivity index (χ0n) is 7.85. The molecule has 0 saturated carbocycles. The number of phenols is 1. The Kier molecular flexibility index (Phi) is 3.73. The molecule has 0 amide bonds. The molecule has 0 aromatic heterocycles. The third-order valence-corrected chi connectivity index (χ3v) is 1.91. The monoisotopic (exact) mass is 191 g/mol. The van der Waals surface area contributed by atoms with Crippen LogP contribution >= 0.6 is 0 Å². The SMILES string of the molecule is C=CCC(Cc1ccccc1O)=NO. The molecule has 0 spiro atoms. The summed E-state index contributed by atoms with van der Waals surface area (Å²) in [5, 5.41) is 21.3. The molecule has 0 atom stereocenters. The van der Waals surface area contributed by atoms with Crippen molar-refractivity contribution in [1.29, 1.82) is 0 Å². The molecule has 0 unspecified atom stereocenters. The van der Waals surface area contributed by atoms with Crippen LogP contribution in [0.4, 0.5) is 0 Å². The number of allylic oxidation sites excluding steroid dienone is 1. The number of aromatic hydroxyl groups is 1. The summed E-state index contributed by atoms with van der Waals surface area (Å²) in [5.74, 6) is 0.220. The van der Waals surface area contributed by atoms with Crippen molar-refractivity contribution >= 4 is 5.71 Å². The van der Waals surface area contributed by atoms with E-state index in [4.69, 9.17) is 5.21 Å². The van der Waals surface area contributed by atoms with Gasteiger partial charge in [-0.25, -0.2) is 0 Å². The summed E-state index contributed by atoms with van der Waals surface area (Å²) in [6.45, 7) is 3.56. The van der Waals surface area contributed by atoms with Crippen molar-refractivity contribution in [2.24, 2.45) is 5.16 Å². The van der Waals surface area contributed by atoms with Gasteiger partial charge in [0.25, 0.3) is 0 Å². The molecule has 74 valence electrons. The zero-order valence-corrected chi connectivity index (χ0v) is 7.85. The van der Waals surface area contributed by atoms with Crippen LogP contribution in [0.15, 0.2) is 42.1 Å². The molecule has 1 aromatic carbocycles. The van der Waals surface area contributed by atoms with Gasteiger partial charge in [0.1, 0.15) is 5.75 Å². The van der Waals surface area contributed by atoms with Crippen LogP contribution in [0.25, 0.3) is 0 Å². The molecule has 1 aromatic rings. The summed E-state index contributed by atoms with van der Waals surface area (Å²) in [7, 11) is 0. The second-order valence-corrected chi connectivity index (χ2v) is 2.96. The molecule has 3 heteroatoms. The Morgan fingerprint density at radius 3 is 2.71 bits per heavy atom. The molecule has 0 saturated heterocycles. The first-order valence-electron chi connectivity index (χ1n) is 4.35. The van der Waals surface area contributed by atoms with Gasteiger partial charge in [-0.05, 0) is 11.6 Å². The Labute approximate surface area is 83.0 Å². The minimum atomic E-state index is 0.220. The zero-order chi connectivity index (χ0) is 10.4. The number of hydrogen-bond donors (Lipinski definition) is 2. The Morgan fingerprint density at radius 2 is 2.14 bits per heavy atom. The topological polar surface area (TPSA) is 52.8 Å². The van der Waals surface area contributed by atoms with E-state index in [9.17, 15) is 5.11 Å². The van der Waals surface area contributed by atoms with Crippen molar-refractivity contribution in [1.82, 2.24) is 0 Å². The highest BCUT2D eigenvalue weighted by atomic mass is 16.4. The van der Waals surface area contributed by atoms with E-state index in [0.717, 1.165) is 5.56 Å². The summed E-state index contributed by atoms with van der Waals surface area (Å²) in [6, 6.07) is 6.99. The van der Waals surface area contributed by atoms with E-state index in [-0.39, 0.29) is 5.75 Å². The predicted octanol–water partition coefficient (Wildman–Crippen LogP) is 2.34. The fourth-order valence-corrected chi connectivity index (χ4v) is 1.20. The summed E-state index contributed by atoms with van der Waals surface area (Å²) in [5.41, 5.74) is 1.34. The maximum absolute atomic E-state index is 9.46. The number of oxime groups is 1. The van der Waals surface area contributed by atoms with Crippen molar-refractivity contribution in [3.05, 3.63) is 42.5 Å². The Bertz CT molecular complexity index is 345. The first-order chi connectivity index (χ1) is 6.77. The lowest BCUT2D eigenvalue weighted by molar-refractivity contribution is 0.317. The molecular formula is C11H13NO2. The van der Waals surface area contributed by atoms with E-state index < -0.39 is 0 Å². The van der Waals surface area contributed by atoms with Gasteiger partial charge in [0.15, 0.2) is 0 Å². The molecule has 0 aliphatic heterocycles. The third kappa shape index (κ3) is 2.62. The van der Waals surface area contributed by atoms with Crippen LogP contribution in [-0.4, -0.2) is 16.0 Å². The normalized spacial score (nSPS) is 11.3. The smallest absolute Gasteiger partial charge is 0.119 e. The van der Waals surface area contributed by atoms with Crippen molar-refractivity contribution in [2.45, 2.75) is 12.8 Å². The number of para-hydroxylation sites is 1. The van der Waals surface area contributed by atoms with E-state index in [2.05, 4.69) is 11.7 Å². The molecule has 0 fully saturated rings. The van der Waals surface area contributed by atoms with Gasteiger partial charge in [0.2, 0.25) is 0 Å². The summed E-state index contributed by atoms with van der Waals surface area (Å²) >= 11 is 0. The minimum Gasteiger partial charge on any atom is -0.508 e. The van der Waals surface area contributed by atoms with Gasteiger partial charge in [-0.15, -0.1) is 6.58 Å². The van der Waals surface area contributed by atoms with Crippen LogP contribution in [0.1, 0.15) is 12.0 Å². The third-order valence-electron chi connectivity index (χ3n) is 1.91. The molecule has 0 aliphatic carbocycles. The van der Waals surface area contributed by atoms with Crippen LogP contribution in [0.5, 0.6) is 5.75 Å². The van der Waals surface area contributed by atoms with Crippen molar-refractivity contribution in [3.63, 3.8) is 0 Å². The number of rotatable bonds is 4. The molecule has 14 heavy (non-hydrogen) atoms. The summed E-state index contributed by atoms with van der Waals surface area (Å²) < 4.78 is 0. The van der Waals surface area contributed by atoms with E-state index in [0.29, 0.717) is 18.6 Å². The lowest BCUT2D eigenvalue weighted by Crippen LogP contribution is -2.01. The highest BCUT2D eigenvalue weighted by Gasteiger charge is 2.04.